The van der Waals surface area contributed by atoms with Gasteiger partial charge in [0.1, 0.15) is 17.3 Å². The highest BCUT2D eigenvalue weighted by molar-refractivity contribution is 5.95. The molecule has 0 spiro atoms. The number of amides is 1. The molecule has 0 aliphatic carbocycles. The normalized spacial score (nSPS) is 10.4. The number of nitrogens with one attached hydrogen (secondary N) is 2. The highest BCUT2D eigenvalue weighted by Gasteiger charge is 2.09. The Balaban J connectivity index is 1.49. The molecule has 0 aliphatic heterocycles. The lowest BCUT2D eigenvalue weighted by Gasteiger charge is -2.10. The van der Waals surface area contributed by atoms with E-state index < -0.39 is 0 Å². The first-order valence-electron chi connectivity index (χ1n) is 9.69. The van der Waals surface area contributed by atoms with Gasteiger partial charge in [-0.05, 0) is 36.2 Å². The third-order valence-corrected chi connectivity index (χ3v) is 4.67. The summed E-state index contributed by atoms with van der Waals surface area (Å²) in [6.07, 6.45) is 2.31. The van der Waals surface area contributed by atoms with Gasteiger partial charge >= 0.3 is 0 Å². The zero-order valence-corrected chi connectivity index (χ0v) is 17.5. The van der Waals surface area contributed by atoms with Gasteiger partial charge in [0.25, 0.3) is 5.91 Å². The summed E-state index contributed by atoms with van der Waals surface area (Å²) in [6.45, 7) is 0.996. The molecule has 162 valence electrons. The molecule has 1 amide bonds. The molecule has 0 saturated heterocycles. The minimum Gasteiger partial charge on any atom is -0.497 e. The van der Waals surface area contributed by atoms with Gasteiger partial charge in [-0.1, -0.05) is 12.1 Å². The molecule has 0 saturated carbocycles. The Morgan fingerprint density at radius 1 is 1.03 bits per heavy atom. The number of nitrogens with zero attached hydrogens (tertiary/aromatic N) is 2. The van der Waals surface area contributed by atoms with Crippen LogP contribution in [0.2, 0.25) is 0 Å². The molecule has 0 radical (unpaired) electrons. The minimum absolute atomic E-state index is 0.156. The molecule has 6 N–H and O–H groups in total. The number of carbonyl (C=O) groups excluding carboxylic acids is 1. The molecule has 9 heteroatoms. The first-order chi connectivity index (χ1) is 15.0. The van der Waals surface area contributed by atoms with Crippen LogP contribution in [0.4, 0.5) is 17.5 Å². The summed E-state index contributed by atoms with van der Waals surface area (Å²) < 4.78 is 10.4. The number of methoxy groups -OCH3 is 2. The summed E-state index contributed by atoms with van der Waals surface area (Å²) >= 11 is 0. The predicted octanol–water partition coefficient (Wildman–Crippen LogP) is 2.24. The lowest BCUT2D eigenvalue weighted by Crippen LogP contribution is -2.25. The molecule has 3 aromatic rings. The van der Waals surface area contributed by atoms with Crippen molar-refractivity contribution in [2.45, 2.75) is 13.0 Å². The number of carbonyl (C=O) groups is 1. The number of benzene rings is 2. The van der Waals surface area contributed by atoms with E-state index in [9.17, 15) is 4.79 Å². The molecule has 0 unspecified atom stereocenters. The van der Waals surface area contributed by atoms with Gasteiger partial charge < -0.3 is 31.6 Å². The van der Waals surface area contributed by atoms with Gasteiger partial charge in [-0.25, -0.2) is 4.98 Å². The van der Waals surface area contributed by atoms with Crippen molar-refractivity contribution in [2.24, 2.45) is 0 Å². The van der Waals surface area contributed by atoms with E-state index in [2.05, 4.69) is 20.6 Å². The molecule has 3 rings (SSSR count). The van der Waals surface area contributed by atoms with Crippen LogP contribution < -0.4 is 31.6 Å². The molecule has 0 aliphatic rings. The van der Waals surface area contributed by atoms with E-state index in [-0.39, 0.29) is 11.9 Å². The number of hydrogen-bond acceptors (Lipinski definition) is 8. The van der Waals surface area contributed by atoms with Crippen molar-refractivity contribution in [1.82, 2.24) is 15.3 Å². The fourth-order valence-electron chi connectivity index (χ4n) is 2.92. The molecule has 0 bridgehead atoms. The predicted molar refractivity (Wildman–Crippen MR) is 120 cm³/mol. The number of nitrogens with two attached hydrogens (primary N) is 2. The third-order valence-electron chi connectivity index (χ3n) is 4.67. The van der Waals surface area contributed by atoms with Crippen LogP contribution in [-0.4, -0.2) is 36.6 Å². The monoisotopic (exact) mass is 422 g/mol. The minimum atomic E-state index is -0.182. The Labute approximate surface area is 180 Å². The molecule has 1 aromatic heterocycles. The second-order valence-electron chi connectivity index (χ2n) is 6.80. The molecule has 0 atom stereocenters. The molecule has 31 heavy (non-hydrogen) atoms. The molecular weight excluding hydrogens is 396 g/mol. The quantitative estimate of drug-likeness (QED) is 0.412. The Morgan fingerprint density at radius 3 is 2.32 bits per heavy atom. The Hall–Kier alpha value is -4.01. The lowest BCUT2D eigenvalue weighted by atomic mass is 10.1. The molecule has 9 nitrogen and oxygen atoms in total. The van der Waals surface area contributed by atoms with E-state index in [0.717, 1.165) is 16.8 Å². The standard InChI is InChI=1S/C22H26N6O3/c1-30-18-9-15(10-19(11-18)31-2)21(29)25-8-7-14-3-5-17(6-4-14)26-12-16-13-27-22(24)28-20(16)23/h3-6,9-11,13,26H,7-8,12H2,1-2H3,(H,25,29)(H4,23,24,27,28). The zero-order valence-electron chi connectivity index (χ0n) is 17.5. The number of ether oxygens (including phenoxy) is 2. The summed E-state index contributed by atoms with van der Waals surface area (Å²) in [4.78, 5) is 20.3. The summed E-state index contributed by atoms with van der Waals surface area (Å²) in [5, 5.41) is 6.19. The van der Waals surface area contributed by atoms with Crippen LogP contribution in [0.15, 0.2) is 48.7 Å². The number of nitrogen functional groups attached to an aromatic ring is 2. The molecule has 0 fully saturated rings. The maximum Gasteiger partial charge on any atom is 0.251 e. The maximum atomic E-state index is 12.4. The van der Waals surface area contributed by atoms with Gasteiger partial charge in [-0.3, -0.25) is 4.79 Å². The van der Waals surface area contributed by atoms with Crippen molar-refractivity contribution in [1.29, 1.82) is 0 Å². The first kappa shape index (κ1) is 21.7. The molecular formula is C22H26N6O3. The summed E-state index contributed by atoms with van der Waals surface area (Å²) in [5.74, 6) is 1.47. The van der Waals surface area contributed by atoms with Crippen molar-refractivity contribution in [2.75, 3.05) is 37.5 Å². The average molecular weight is 422 g/mol. The largest absolute Gasteiger partial charge is 0.497 e. The third kappa shape index (κ3) is 5.99. The van der Waals surface area contributed by atoms with Crippen LogP contribution in [0.3, 0.4) is 0 Å². The topological polar surface area (TPSA) is 137 Å². The average Bonchev–Trinajstić information content (AvgIpc) is 2.79. The maximum absolute atomic E-state index is 12.4. The fourth-order valence-corrected chi connectivity index (χ4v) is 2.92. The zero-order chi connectivity index (χ0) is 22.2. The van der Waals surface area contributed by atoms with Crippen LogP contribution in [-0.2, 0) is 13.0 Å². The SMILES string of the molecule is COc1cc(OC)cc(C(=O)NCCc2ccc(NCc3cnc(N)nc3N)cc2)c1. The molecule has 2 aromatic carbocycles. The van der Waals surface area contributed by atoms with Crippen molar-refractivity contribution < 1.29 is 14.3 Å². The highest BCUT2D eigenvalue weighted by atomic mass is 16.5. The van der Waals surface area contributed by atoms with Gasteiger partial charge in [0.15, 0.2) is 0 Å². The van der Waals surface area contributed by atoms with Crippen LogP contribution in [0.1, 0.15) is 21.5 Å². The van der Waals surface area contributed by atoms with Crippen LogP contribution in [0, 0.1) is 0 Å². The van der Waals surface area contributed by atoms with E-state index in [1.807, 2.05) is 24.3 Å². The van der Waals surface area contributed by atoms with Gasteiger partial charge in [0.05, 0.1) is 14.2 Å². The fraction of sp³-hybridized carbons (Fsp3) is 0.227. The van der Waals surface area contributed by atoms with E-state index >= 15 is 0 Å². The summed E-state index contributed by atoms with van der Waals surface area (Å²) in [7, 11) is 3.10. The molecule has 1 heterocycles. The summed E-state index contributed by atoms with van der Waals surface area (Å²) in [6, 6.07) is 13.0. The van der Waals surface area contributed by atoms with Crippen LogP contribution >= 0.6 is 0 Å². The number of aromatic nitrogens is 2. The Kier molecular flexibility index (Phi) is 7.10. The van der Waals surface area contributed by atoms with E-state index in [4.69, 9.17) is 20.9 Å². The van der Waals surface area contributed by atoms with Gasteiger partial charge in [-0.2, -0.15) is 4.98 Å². The van der Waals surface area contributed by atoms with Crippen molar-refractivity contribution >= 4 is 23.4 Å². The van der Waals surface area contributed by atoms with Gasteiger partial charge in [0, 0.05) is 42.2 Å². The van der Waals surface area contributed by atoms with Crippen molar-refractivity contribution in [3.8, 4) is 11.5 Å². The van der Waals surface area contributed by atoms with Gasteiger partial charge in [-0.15, -0.1) is 0 Å². The smallest absolute Gasteiger partial charge is 0.251 e. The number of hydrogen-bond donors (Lipinski definition) is 4. The Bertz CT molecular complexity index is 1020. The first-order valence-corrected chi connectivity index (χ1v) is 9.69. The second kappa shape index (κ2) is 10.1. The van der Waals surface area contributed by atoms with E-state index in [1.165, 1.54) is 0 Å². The second-order valence-corrected chi connectivity index (χ2v) is 6.80. The van der Waals surface area contributed by atoms with E-state index in [1.54, 1.807) is 38.6 Å². The summed E-state index contributed by atoms with van der Waals surface area (Å²) in [5.41, 5.74) is 14.7. The Morgan fingerprint density at radius 2 is 1.71 bits per heavy atom. The lowest BCUT2D eigenvalue weighted by molar-refractivity contribution is 0.0953. The van der Waals surface area contributed by atoms with Crippen LogP contribution in [0.5, 0.6) is 11.5 Å². The number of rotatable bonds is 9. The van der Waals surface area contributed by atoms with Crippen LogP contribution in [0.25, 0.3) is 0 Å². The van der Waals surface area contributed by atoms with Crippen molar-refractivity contribution in [3.05, 3.63) is 65.4 Å². The van der Waals surface area contributed by atoms with Gasteiger partial charge in [0.2, 0.25) is 5.95 Å². The van der Waals surface area contributed by atoms with E-state index in [0.29, 0.717) is 42.4 Å². The highest BCUT2D eigenvalue weighted by Crippen LogP contribution is 2.22. The van der Waals surface area contributed by atoms with Crippen molar-refractivity contribution in [3.63, 3.8) is 0 Å². The number of anilines is 3.